The number of ether oxygens (including phenoxy) is 1. The molecule has 0 aliphatic carbocycles. The molecule has 2 rings (SSSR count). The second-order valence-corrected chi connectivity index (χ2v) is 5.65. The molecule has 0 fully saturated rings. The first-order valence-electron chi connectivity index (χ1n) is 6.18. The second kappa shape index (κ2) is 5.57. The van der Waals surface area contributed by atoms with Crippen LogP contribution in [0, 0.1) is 5.82 Å². The van der Waals surface area contributed by atoms with Gasteiger partial charge < -0.3 is 10.5 Å². The molecule has 2 N–H and O–H groups in total. The Kier molecular flexibility index (Phi) is 4.30. The van der Waals surface area contributed by atoms with Gasteiger partial charge in [-0.1, -0.05) is 22.9 Å². The Morgan fingerprint density at radius 3 is 2.71 bits per heavy atom. The van der Waals surface area contributed by atoms with E-state index < -0.39 is 30.2 Å². The van der Waals surface area contributed by atoms with Crippen molar-refractivity contribution in [2.45, 2.75) is 31.2 Å². The number of nitrogens with zero attached hydrogens (tertiary/aromatic N) is 1. The van der Waals surface area contributed by atoms with Crippen LogP contribution in [0.1, 0.15) is 18.9 Å². The van der Waals surface area contributed by atoms with Gasteiger partial charge in [0.05, 0.1) is 0 Å². The second-order valence-electron chi connectivity index (χ2n) is 4.74. The summed E-state index contributed by atoms with van der Waals surface area (Å²) in [6.45, 7) is 1.06. The average molecular weight is 369 g/mol. The quantitative estimate of drug-likeness (QED) is 0.812. The summed E-state index contributed by atoms with van der Waals surface area (Å²) in [6.07, 6.45) is -7.04. The summed E-state index contributed by atoms with van der Waals surface area (Å²) in [5.74, 6) is -0.868. The van der Waals surface area contributed by atoms with E-state index in [1.54, 1.807) is 0 Å². The molecule has 8 heteroatoms. The molecule has 0 spiro atoms. The largest absolute Gasteiger partial charge is 0.417 e. The van der Waals surface area contributed by atoms with E-state index in [4.69, 9.17) is 10.5 Å². The molecule has 21 heavy (non-hydrogen) atoms. The van der Waals surface area contributed by atoms with Crippen LogP contribution in [0.5, 0.6) is 0 Å². The number of halogens is 5. The van der Waals surface area contributed by atoms with Gasteiger partial charge in [-0.15, -0.1) is 0 Å². The molecule has 3 nitrogen and oxygen atoms in total. The molecule has 0 radical (unpaired) electrons. The van der Waals surface area contributed by atoms with E-state index in [1.165, 1.54) is 19.1 Å². The molecule has 1 aromatic rings. The van der Waals surface area contributed by atoms with Gasteiger partial charge >= 0.3 is 6.18 Å². The van der Waals surface area contributed by atoms with Gasteiger partial charge in [-0.05, 0) is 24.6 Å². The standard InChI is InChI=1S/C13H13BrF4N2O/c1-2-12(8-5-7(14)3-4-9(8)15)11(13(16,17)18)21-6-10(19)20-12/h3-5,11H,2,6H2,1H3,(H2,19,20). The minimum Gasteiger partial charge on any atom is -0.386 e. The zero-order valence-corrected chi connectivity index (χ0v) is 12.6. The third-order valence-electron chi connectivity index (χ3n) is 3.41. The zero-order chi connectivity index (χ0) is 15.8. The lowest BCUT2D eigenvalue weighted by atomic mass is 9.81. The van der Waals surface area contributed by atoms with Crippen LogP contribution in [-0.2, 0) is 10.3 Å². The topological polar surface area (TPSA) is 47.6 Å². The fourth-order valence-corrected chi connectivity index (χ4v) is 2.87. The van der Waals surface area contributed by atoms with Crippen molar-refractivity contribution >= 4 is 21.8 Å². The maximum Gasteiger partial charge on any atom is 0.417 e. The van der Waals surface area contributed by atoms with Gasteiger partial charge in [0, 0.05) is 10.0 Å². The zero-order valence-electron chi connectivity index (χ0n) is 11.0. The van der Waals surface area contributed by atoms with Crippen molar-refractivity contribution in [3.05, 3.63) is 34.1 Å². The summed E-state index contributed by atoms with van der Waals surface area (Å²) in [5, 5.41) is 0. The van der Waals surface area contributed by atoms with E-state index in [0.29, 0.717) is 4.47 Å². The Morgan fingerprint density at radius 1 is 1.48 bits per heavy atom. The Morgan fingerprint density at radius 2 is 2.14 bits per heavy atom. The highest BCUT2D eigenvalue weighted by atomic mass is 79.9. The Bertz CT molecular complexity index is 576. The molecule has 0 amide bonds. The third kappa shape index (κ3) is 2.91. The van der Waals surface area contributed by atoms with Gasteiger partial charge in [0.1, 0.15) is 23.8 Å². The first-order chi connectivity index (χ1) is 9.70. The molecule has 116 valence electrons. The SMILES string of the molecule is CCC1(c2cc(Br)ccc2F)N=C(N)COC1C(F)(F)F. The normalized spacial score (nSPS) is 26.6. The molecule has 0 bridgehead atoms. The molecule has 0 aromatic heterocycles. The van der Waals surface area contributed by atoms with E-state index >= 15 is 0 Å². The number of aliphatic imine (C=N–C) groups is 1. The van der Waals surface area contributed by atoms with Gasteiger partial charge in [-0.2, -0.15) is 13.2 Å². The van der Waals surface area contributed by atoms with Crippen molar-refractivity contribution in [2.24, 2.45) is 10.7 Å². The fourth-order valence-electron chi connectivity index (χ4n) is 2.50. The average Bonchev–Trinajstić information content (AvgIpc) is 2.39. The molecule has 1 aromatic carbocycles. The van der Waals surface area contributed by atoms with Crippen molar-refractivity contribution < 1.29 is 22.3 Å². The van der Waals surface area contributed by atoms with Crippen LogP contribution >= 0.6 is 15.9 Å². The number of benzene rings is 1. The van der Waals surface area contributed by atoms with Crippen LogP contribution in [0.25, 0.3) is 0 Å². The van der Waals surface area contributed by atoms with E-state index in [9.17, 15) is 17.6 Å². The Balaban J connectivity index is 2.70. The van der Waals surface area contributed by atoms with Gasteiger partial charge in [0.2, 0.25) is 0 Å². The van der Waals surface area contributed by atoms with Crippen LogP contribution in [0.3, 0.4) is 0 Å². The molecule has 0 saturated carbocycles. The van der Waals surface area contributed by atoms with Crippen LogP contribution < -0.4 is 5.73 Å². The number of hydrogen-bond acceptors (Lipinski definition) is 3. The number of rotatable bonds is 2. The molecule has 1 heterocycles. The lowest BCUT2D eigenvalue weighted by Crippen LogP contribution is -2.54. The number of alkyl halides is 3. The van der Waals surface area contributed by atoms with Crippen LogP contribution in [0.4, 0.5) is 17.6 Å². The van der Waals surface area contributed by atoms with E-state index in [2.05, 4.69) is 20.9 Å². The van der Waals surface area contributed by atoms with Crippen molar-refractivity contribution in [3.8, 4) is 0 Å². The minimum atomic E-state index is -4.69. The van der Waals surface area contributed by atoms with Crippen LogP contribution in [0.15, 0.2) is 27.7 Å². The van der Waals surface area contributed by atoms with Gasteiger partial charge in [0.15, 0.2) is 6.10 Å². The summed E-state index contributed by atoms with van der Waals surface area (Å²) < 4.78 is 59.3. The highest BCUT2D eigenvalue weighted by molar-refractivity contribution is 9.10. The number of amidine groups is 1. The van der Waals surface area contributed by atoms with Crippen molar-refractivity contribution in [1.82, 2.24) is 0 Å². The Hall–Kier alpha value is -1.15. The molecule has 2 unspecified atom stereocenters. The summed E-state index contributed by atoms with van der Waals surface area (Å²) in [7, 11) is 0. The summed E-state index contributed by atoms with van der Waals surface area (Å²) in [6, 6.07) is 3.77. The predicted octanol–water partition coefficient (Wildman–Crippen LogP) is 3.51. The maximum atomic E-state index is 14.1. The van der Waals surface area contributed by atoms with E-state index in [1.807, 2.05) is 0 Å². The van der Waals surface area contributed by atoms with Gasteiger partial charge in [-0.3, -0.25) is 4.99 Å². The third-order valence-corrected chi connectivity index (χ3v) is 3.90. The van der Waals surface area contributed by atoms with Crippen molar-refractivity contribution in [1.29, 1.82) is 0 Å². The smallest absolute Gasteiger partial charge is 0.386 e. The Labute approximate surface area is 127 Å². The first-order valence-corrected chi connectivity index (χ1v) is 6.98. The minimum absolute atomic E-state index is 0.0864. The fraction of sp³-hybridized carbons (Fsp3) is 0.462. The summed E-state index contributed by atoms with van der Waals surface area (Å²) in [4.78, 5) is 3.94. The lowest BCUT2D eigenvalue weighted by Gasteiger charge is -2.41. The highest BCUT2D eigenvalue weighted by Gasteiger charge is 2.57. The molecule has 2 atom stereocenters. The van der Waals surface area contributed by atoms with Crippen molar-refractivity contribution in [2.75, 3.05) is 6.61 Å². The number of nitrogens with two attached hydrogens (primary N) is 1. The van der Waals surface area contributed by atoms with Crippen LogP contribution in [0.2, 0.25) is 0 Å². The van der Waals surface area contributed by atoms with Gasteiger partial charge in [-0.25, -0.2) is 4.39 Å². The predicted molar refractivity (Wildman–Crippen MR) is 73.5 cm³/mol. The maximum absolute atomic E-state index is 14.1. The van der Waals surface area contributed by atoms with E-state index in [0.717, 1.165) is 6.07 Å². The van der Waals surface area contributed by atoms with Crippen molar-refractivity contribution in [3.63, 3.8) is 0 Å². The molecular formula is C13H13BrF4N2O. The summed E-state index contributed by atoms with van der Waals surface area (Å²) >= 11 is 3.13. The van der Waals surface area contributed by atoms with Gasteiger partial charge in [0.25, 0.3) is 0 Å². The molecule has 1 aliphatic heterocycles. The molecule has 0 saturated heterocycles. The highest BCUT2D eigenvalue weighted by Crippen LogP contribution is 2.45. The lowest BCUT2D eigenvalue weighted by molar-refractivity contribution is -0.241. The molecule has 1 aliphatic rings. The summed E-state index contributed by atoms with van der Waals surface area (Å²) in [5.41, 5.74) is 3.43. The number of hydrogen-bond donors (Lipinski definition) is 1. The van der Waals surface area contributed by atoms with Crippen LogP contribution in [-0.4, -0.2) is 24.7 Å². The van der Waals surface area contributed by atoms with E-state index in [-0.39, 0.29) is 17.8 Å². The first kappa shape index (κ1) is 16.2. The molecular weight excluding hydrogens is 356 g/mol. The monoisotopic (exact) mass is 368 g/mol.